The number of fused-ring (bicyclic) bond motifs is 8. The molecule has 0 radical (unpaired) electrons. The Morgan fingerprint density at radius 2 is 0.614 bits per heavy atom. The van der Waals surface area contributed by atoms with E-state index >= 15 is 0 Å². The number of nitrogens with zero attached hydrogens (tertiary/aromatic N) is 2. The van der Waals surface area contributed by atoms with E-state index in [4.69, 9.17) is 110 Å². The summed E-state index contributed by atoms with van der Waals surface area (Å²) in [5.74, 6) is 0. The lowest BCUT2D eigenvalue weighted by Crippen LogP contribution is -2.09. The highest BCUT2D eigenvalue weighted by molar-refractivity contribution is 6.24. The lowest BCUT2D eigenvalue weighted by atomic mass is 9.93. The number of para-hydroxylation sites is 1. The van der Waals surface area contributed by atoms with Gasteiger partial charge in [0, 0.05) is 149 Å². The molecule has 70 heavy (non-hydrogen) atoms. The number of benzene rings is 11. The van der Waals surface area contributed by atoms with Crippen molar-refractivity contribution < 1.29 is 110 Å². The predicted molar refractivity (Wildman–Crippen MR) is 375 cm³/mol. The summed E-state index contributed by atoms with van der Waals surface area (Å²) < 4.78 is 372. The average molecular weight is 1040 g/mol. The Morgan fingerprint density at radius 1 is 0.257 bits per heavy atom. The first-order chi connectivity index (χ1) is 71.7. The first kappa shape index (κ1) is 18.0. The summed E-state index contributed by atoms with van der Waals surface area (Å²) in [5.41, 5.74) is 21.4. The second-order valence-electron chi connectivity index (χ2n) is 18.0. The maximum atomic E-state index is 5.00. The van der Waals surface area contributed by atoms with Crippen LogP contribution in [0.3, 0.4) is 0 Å². The summed E-state index contributed by atoms with van der Waals surface area (Å²) in [6.45, 7) is 0. The third kappa shape index (κ3) is 7.13. The van der Waals surface area contributed by atoms with Crippen molar-refractivity contribution in [1.82, 2.24) is 4.40 Å². The Labute approximate surface area is 522 Å². The topological polar surface area (TPSA) is 7.65 Å². The standard InChI is InChI=1S/C68H46N2.37H2/c1-4-17-47(18-5-1)49-35-41-55(42-36-49)69(57-45-39-52(40-46-57)59-24-11-10-23-58(59)51-19-6-2-7-20-51)56-43-37-50(38-44-56)48-31-33-53(34-32-48)60-28-16-30-65-67(60)66(54-21-8-3-9-22-54)68-63-27-13-12-25-61(63)62-26-14-15-29-64(62)70(65)68;;;;;;;;;;;;;;;;;;;;;;;;;;;;;;;;;;;;;/h1-46H;37*1H/i;37*1+1D. The summed E-state index contributed by atoms with van der Waals surface area (Å²) in [7, 11) is 0. The van der Waals surface area contributed by atoms with E-state index in [0.29, 0.717) is 0 Å². The van der Waals surface area contributed by atoms with Crippen LogP contribution in [0.2, 0.25) is 0 Å². The number of hydrogen-bond acceptors (Lipinski definition) is 1. The van der Waals surface area contributed by atoms with Gasteiger partial charge in [0.25, 0.3) is 0 Å². The van der Waals surface area contributed by atoms with E-state index in [9.17, 15) is 0 Å². The van der Waals surface area contributed by atoms with Crippen molar-refractivity contribution in [3.05, 3.63) is 279 Å². The van der Waals surface area contributed by atoms with Gasteiger partial charge in [-0.05, 0) is 115 Å². The van der Waals surface area contributed by atoms with Gasteiger partial charge in [0.05, 0.1) is 16.6 Å². The first-order valence-corrected chi connectivity index (χ1v) is 24.1. The second kappa shape index (κ2) is 17.4. The Balaban J connectivity index is -0.0000000708. The fourth-order valence-corrected chi connectivity index (χ4v) is 10.7. The van der Waals surface area contributed by atoms with E-state index in [0.717, 1.165) is 17.1 Å². The van der Waals surface area contributed by atoms with Crippen LogP contribution < -0.4 is 4.90 Å². The van der Waals surface area contributed by atoms with E-state index in [1.54, 1.807) is 0 Å². The van der Waals surface area contributed by atoms with Gasteiger partial charge in [-0.25, -0.2) is 0 Å². The summed E-state index contributed by atoms with van der Waals surface area (Å²) in [6, 6.07) is 101. The van der Waals surface area contributed by atoms with E-state index in [2.05, 4.69) is 288 Å². The Hall–Kier alpha value is -9.24. The van der Waals surface area contributed by atoms with Gasteiger partial charge >= 0.3 is 0 Å². The minimum atomic E-state index is 1.09. The zero-order chi connectivity index (χ0) is 120. The number of rotatable bonds is 9. The molecule has 402 valence electrons. The van der Waals surface area contributed by atoms with Crippen LogP contribution in [0, 0.1) is 0 Å². The SMILES string of the molecule is [2H][2H].[2H][2H].[2H][2H].[2H][2H].[2H][2H].[2H][2H].[2H][2H].[2H][2H].[2H][2H].[2H][2H].[2H][2H].[2H][2H].[2H][2H].[2H][2H].[2H][2H].[2H][2H].[2H][2H].[2H][2H].[2H][2H].[2H][2H].[2H][2H].[2H][2H].[2H][2H].[2H][2H].[2H][2H].[2H][2H].[2H][2H].[2H][2H].[2H][2H].[2H][2H].[2H][2H].[2H][2H].[2H][2H].[2H][2H].[2H][2H].[2H][2H].[2H][2H].c1ccc(-c2ccc(N(c3ccc(-c4ccc(-c5cccc6c5c(-c5ccccc5)c5c7ccccc7c7ccccc7n65)cc4)cc3)c3ccc(-c4ccccc4-c4ccccc4)cc3)cc2)cc1. The zero-order valence-electron chi connectivity index (χ0n) is 112. The molecule has 2 aromatic heterocycles. The molecule has 0 aliphatic heterocycles. The number of anilines is 3. The molecule has 2 heteroatoms. The highest BCUT2D eigenvalue weighted by Crippen LogP contribution is 2.46. The van der Waals surface area contributed by atoms with Crippen molar-refractivity contribution in [3.8, 4) is 66.8 Å². The molecule has 0 saturated carbocycles. The third-order valence-corrected chi connectivity index (χ3v) is 14.0. The molecular weight excluding hydrogens is 845 g/mol. The molecule has 0 N–H and O–H groups in total. The van der Waals surface area contributed by atoms with Gasteiger partial charge < -0.3 is 9.30 Å². The molecule has 13 rings (SSSR count). The fourth-order valence-electron chi connectivity index (χ4n) is 10.7. The van der Waals surface area contributed by atoms with Gasteiger partial charge in [-0.3, -0.25) is 0 Å². The quantitative estimate of drug-likeness (QED) is 0.131. The van der Waals surface area contributed by atoms with Crippen LogP contribution in [0.5, 0.6) is 0 Å². The normalized spacial score (nSPS) is 15.7. The summed E-state index contributed by atoms with van der Waals surface area (Å²) >= 11 is 0. The molecule has 0 bridgehead atoms. The molecule has 13 aromatic rings. The van der Waals surface area contributed by atoms with Crippen LogP contribution in [-0.2, 0) is 0 Å². The number of hydrogen-bond donors (Lipinski definition) is 0. The third-order valence-electron chi connectivity index (χ3n) is 14.0. The summed E-state index contributed by atoms with van der Waals surface area (Å²) in [6.07, 6.45) is 0. The monoisotopic (exact) mass is 1040 g/mol. The van der Waals surface area contributed by atoms with Gasteiger partial charge in [-0.2, -0.15) is 0 Å². The minimum Gasteiger partial charge on any atom is -0.311 e. The van der Waals surface area contributed by atoms with Crippen molar-refractivity contribution >= 4 is 55.2 Å². The number of aromatic nitrogens is 1. The second-order valence-corrected chi connectivity index (χ2v) is 18.0. The molecule has 0 saturated heterocycles. The van der Waals surface area contributed by atoms with Gasteiger partial charge in [0.1, 0.15) is 0 Å². The van der Waals surface area contributed by atoms with Gasteiger partial charge in [-0.1, -0.05) is 231 Å². The van der Waals surface area contributed by atoms with E-state index in [1.807, 2.05) is 0 Å². The van der Waals surface area contributed by atoms with Crippen LogP contribution in [-0.4, -0.2) is 4.40 Å². The molecule has 0 aliphatic rings. The Morgan fingerprint density at radius 3 is 1.19 bits per heavy atom. The largest absolute Gasteiger partial charge is 0.311 e. The molecule has 0 atom stereocenters. The van der Waals surface area contributed by atoms with E-state index < -0.39 is 0 Å². The average Bonchev–Trinajstić information content (AvgIpc) is 1.54. The fraction of sp³-hybridized carbons (Fsp3) is 0. The van der Waals surface area contributed by atoms with Crippen molar-refractivity contribution in [1.29, 1.82) is 0 Å². The van der Waals surface area contributed by atoms with Gasteiger partial charge in [-0.15, -0.1) is 0 Å². The van der Waals surface area contributed by atoms with Crippen molar-refractivity contribution in [2.75, 3.05) is 4.90 Å². The van der Waals surface area contributed by atoms with E-state index in [-0.39, 0.29) is 0 Å². The first-order valence-electron chi connectivity index (χ1n) is 61.1. The number of pyridine rings is 1. The predicted octanol–water partition coefficient (Wildman–Crippen LogP) is 28.0. The molecular formula is C68H120N2. The lowest BCUT2D eigenvalue weighted by molar-refractivity contribution is 1.28. The van der Waals surface area contributed by atoms with Crippen LogP contribution >= 0.6 is 0 Å². The van der Waals surface area contributed by atoms with Crippen LogP contribution in [0.1, 0.15) is 110 Å². The van der Waals surface area contributed by atoms with Crippen LogP contribution in [0.25, 0.3) is 105 Å². The van der Waals surface area contributed by atoms with Crippen molar-refractivity contribution in [3.63, 3.8) is 0 Å². The molecule has 0 amide bonds. The molecule has 11 aromatic carbocycles. The van der Waals surface area contributed by atoms with Crippen molar-refractivity contribution in [2.45, 2.75) is 0 Å². The Kier molecular flexibility index (Phi) is 4.49. The Bertz CT molecular complexity index is 4130. The highest BCUT2D eigenvalue weighted by Gasteiger charge is 2.22. The molecule has 0 fully saturated rings. The summed E-state index contributed by atoms with van der Waals surface area (Å²) in [4.78, 5) is 2.35. The highest BCUT2D eigenvalue weighted by atomic mass is 15.1. The van der Waals surface area contributed by atoms with Crippen LogP contribution in [0.15, 0.2) is 279 Å². The maximum Gasteiger partial charge on any atom is 0.0626 e. The van der Waals surface area contributed by atoms with Gasteiger partial charge in [0.15, 0.2) is 0 Å². The zero-order valence-corrected chi connectivity index (χ0v) is 38.5. The molecule has 0 spiro atoms. The molecule has 0 unspecified atom stereocenters. The lowest BCUT2D eigenvalue weighted by Gasteiger charge is -2.26. The summed E-state index contributed by atoms with van der Waals surface area (Å²) in [5, 5.41) is 5.04. The molecule has 2 heterocycles. The molecule has 2 nitrogen and oxygen atoms in total. The smallest absolute Gasteiger partial charge is 0.0626 e. The van der Waals surface area contributed by atoms with Crippen LogP contribution in [0.4, 0.5) is 17.1 Å². The van der Waals surface area contributed by atoms with Crippen molar-refractivity contribution in [2.24, 2.45) is 0 Å². The van der Waals surface area contributed by atoms with Gasteiger partial charge in [0.2, 0.25) is 0 Å². The molecule has 0 aliphatic carbocycles. The maximum absolute atomic E-state index is 5.00. The van der Waals surface area contributed by atoms with E-state index in [1.165, 1.54) is 105 Å². The minimum absolute atomic E-state index is 1.09.